The van der Waals surface area contributed by atoms with Crippen molar-refractivity contribution in [3.8, 4) is 29.7 Å². The van der Waals surface area contributed by atoms with Gasteiger partial charge in [-0.05, 0) is 23.3 Å². The van der Waals surface area contributed by atoms with Crippen LogP contribution in [0.3, 0.4) is 0 Å². The molecule has 0 fully saturated rings. The lowest BCUT2D eigenvalue weighted by molar-refractivity contribution is -0.119. The minimum atomic E-state index is -1.79. The molecule has 1 aromatic rings. The summed E-state index contributed by atoms with van der Waals surface area (Å²) >= 11 is 0. The van der Waals surface area contributed by atoms with Crippen molar-refractivity contribution in [3.63, 3.8) is 0 Å². The fourth-order valence-corrected chi connectivity index (χ4v) is 4.01. The number of hydrogen-bond acceptors (Lipinski definition) is 8. The Morgan fingerprint density at radius 1 is 1.30 bits per heavy atom. The molecule has 1 aliphatic heterocycles. The van der Waals surface area contributed by atoms with Gasteiger partial charge in [-0.25, -0.2) is 0 Å². The average Bonchev–Trinajstić information content (AvgIpc) is 2.76. The number of hydrogen-bond donors (Lipinski definition) is 2. The van der Waals surface area contributed by atoms with Gasteiger partial charge in [0.2, 0.25) is 0 Å². The molecule has 1 heterocycles. The van der Waals surface area contributed by atoms with Crippen LogP contribution in [-0.2, 0) is 9.53 Å². The average molecular weight is 405 g/mol. The second-order valence-electron chi connectivity index (χ2n) is 6.88. The van der Waals surface area contributed by atoms with Gasteiger partial charge in [0.05, 0.1) is 43.7 Å². The van der Waals surface area contributed by atoms with Crippen molar-refractivity contribution in [1.82, 2.24) is 0 Å². The largest absolute Gasteiger partial charge is 0.493 e. The first-order valence-electron chi connectivity index (χ1n) is 9.03. The first-order valence-corrected chi connectivity index (χ1v) is 9.03. The van der Waals surface area contributed by atoms with Gasteiger partial charge in [0, 0.05) is 11.8 Å². The van der Waals surface area contributed by atoms with Crippen LogP contribution in [0.4, 0.5) is 0 Å². The molecule has 4 N–H and O–H groups in total. The van der Waals surface area contributed by atoms with E-state index in [4.69, 9.17) is 25.7 Å². The van der Waals surface area contributed by atoms with Crippen molar-refractivity contribution in [2.24, 2.45) is 22.8 Å². The lowest BCUT2D eigenvalue weighted by Crippen LogP contribution is -2.44. The van der Waals surface area contributed by atoms with Crippen LogP contribution in [0.15, 0.2) is 41.1 Å². The third kappa shape index (κ3) is 3.20. The molecule has 2 aliphatic rings. The van der Waals surface area contributed by atoms with E-state index >= 15 is 0 Å². The molecule has 0 bridgehead atoms. The van der Waals surface area contributed by atoms with E-state index in [1.165, 1.54) is 7.11 Å². The number of fused-ring (bicyclic) bond motifs is 1. The van der Waals surface area contributed by atoms with Crippen molar-refractivity contribution >= 4 is 5.91 Å². The molecule has 0 aromatic heterocycles. The molecule has 0 saturated heterocycles. The number of carbonyl (C=O) groups excluding carboxylic acids is 1. The molecule has 0 spiro atoms. The standard InChI is InChI=1S/C21H19N5O4/c1-28-16-3-2-12(6-17(16)30-9-18(25)27)19-15-8-29-5-4-13(15)14(7-22)20(26)21(19,10-23)11-24/h2-4,6,15,19H,5,8-9,26H2,1H3,(H2,25,27). The number of benzene rings is 1. The summed E-state index contributed by atoms with van der Waals surface area (Å²) in [6.07, 6.45) is 1.75. The van der Waals surface area contributed by atoms with Gasteiger partial charge >= 0.3 is 0 Å². The Bertz CT molecular complexity index is 1060. The van der Waals surface area contributed by atoms with Gasteiger partial charge in [-0.1, -0.05) is 12.1 Å². The second kappa shape index (κ2) is 8.16. The molecule has 3 rings (SSSR count). The maximum Gasteiger partial charge on any atom is 0.255 e. The smallest absolute Gasteiger partial charge is 0.255 e. The molecule has 1 aliphatic carbocycles. The van der Waals surface area contributed by atoms with Gasteiger partial charge in [0.25, 0.3) is 5.91 Å². The van der Waals surface area contributed by atoms with E-state index in [0.717, 1.165) is 0 Å². The van der Waals surface area contributed by atoms with E-state index in [1.54, 1.807) is 24.3 Å². The van der Waals surface area contributed by atoms with Crippen LogP contribution < -0.4 is 20.9 Å². The van der Waals surface area contributed by atoms with Gasteiger partial charge in [-0.3, -0.25) is 4.79 Å². The maximum absolute atomic E-state index is 11.1. The fraction of sp³-hybridized carbons (Fsp3) is 0.333. The number of allylic oxidation sites excluding steroid dienone is 2. The number of nitrogens with zero attached hydrogens (tertiary/aromatic N) is 3. The van der Waals surface area contributed by atoms with Gasteiger partial charge in [-0.15, -0.1) is 0 Å². The van der Waals surface area contributed by atoms with Crippen LogP contribution in [0.1, 0.15) is 11.5 Å². The highest BCUT2D eigenvalue weighted by Gasteiger charge is 2.54. The Kier molecular flexibility index (Phi) is 5.64. The first-order chi connectivity index (χ1) is 14.4. The van der Waals surface area contributed by atoms with Gasteiger partial charge < -0.3 is 25.7 Å². The summed E-state index contributed by atoms with van der Waals surface area (Å²) in [6.45, 7) is 0.146. The van der Waals surface area contributed by atoms with Crippen LogP contribution in [-0.4, -0.2) is 32.8 Å². The number of primary amides is 1. The molecule has 9 heteroatoms. The Morgan fingerprint density at radius 2 is 2.03 bits per heavy atom. The first kappa shape index (κ1) is 20.7. The molecule has 0 saturated carbocycles. The highest BCUT2D eigenvalue weighted by molar-refractivity contribution is 5.75. The van der Waals surface area contributed by atoms with Crippen LogP contribution >= 0.6 is 0 Å². The molecular weight excluding hydrogens is 386 g/mol. The quantitative estimate of drug-likeness (QED) is 0.731. The Hall–Kier alpha value is -4.00. The zero-order valence-corrected chi connectivity index (χ0v) is 16.2. The normalized spacial score (nSPS) is 21.9. The van der Waals surface area contributed by atoms with E-state index < -0.39 is 23.2 Å². The predicted octanol–water partition coefficient (Wildman–Crippen LogP) is 0.999. The zero-order valence-electron chi connectivity index (χ0n) is 16.2. The lowest BCUT2D eigenvalue weighted by atomic mass is 9.58. The predicted molar refractivity (Wildman–Crippen MR) is 103 cm³/mol. The number of carbonyl (C=O) groups is 1. The third-order valence-corrected chi connectivity index (χ3v) is 5.35. The Labute approximate surface area is 173 Å². The Balaban J connectivity index is 2.23. The molecule has 2 atom stereocenters. The summed E-state index contributed by atoms with van der Waals surface area (Å²) in [7, 11) is 1.44. The molecule has 152 valence electrons. The van der Waals surface area contributed by atoms with Gasteiger partial charge in [0.15, 0.2) is 23.5 Å². The summed E-state index contributed by atoms with van der Waals surface area (Å²) in [4.78, 5) is 11.1. The minimum Gasteiger partial charge on any atom is -0.493 e. The zero-order chi connectivity index (χ0) is 21.9. The summed E-state index contributed by atoms with van der Waals surface area (Å²) in [5, 5.41) is 29.7. The maximum atomic E-state index is 11.1. The SMILES string of the molecule is COc1ccc(C2C3COCC=C3C(C#N)=C(N)C2(C#N)C#N)cc1OCC(N)=O. The van der Waals surface area contributed by atoms with Crippen LogP contribution in [0.25, 0.3) is 0 Å². The Morgan fingerprint density at radius 3 is 2.63 bits per heavy atom. The number of methoxy groups -OCH3 is 1. The van der Waals surface area contributed by atoms with E-state index in [-0.39, 0.29) is 30.2 Å². The summed E-state index contributed by atoms with van der Waals surface area (Å²) in [6, 6.07) is 11.0. The van der Waals surface area contributed by atoms with Crippen molar-refractivity contribution in [3.05, 3.63) is 46.7 Å². The van der Waals surface area contributed by atoms with Crippen molar-refractivity contribution in [1.29, 1.82) is 15.8 Å². The highest BCUT2D eigenvalue weighted by atomic mass is 16.5. The molecular formula is C21H19N5O4. The van der Waals surface area contributed by atoms with E-state index in [9.17, 15) is 20.6 Å². The monoisotopic (exact) mass is 405 g/mol. The van der Waals surface area contributed by atoms with Gasteiger partial charge in [0.1, 0.15) is 6.07 Å². The van der Waals surface area contributed by atoms with Gasteiger partial charge in [-0.2, -0.15) is 15.8 Å². The number of nitriles is 3. The van der Waals surface area contributed by atoms with Crippen LogP contribution in [0.5, 0.6) is 11.5 Å². The van der Waals surface area contributed by atoms with Crippen LogP contribution in [0, 0.1) is 45.3 Å². The molecule has 0 radical (unpaired) electrons. The third-order valence-electron chi connectivity index (χ3n) is 5.35. The molecule has 1 amide bonds. The molecule has 2 unspecified atom stereocenters. The summed E-state index contributed by atoms with van der Waals surface area (Å²) in [5.74, 6) is -1.27. The van der Waals surface area contributed by atoms with E-state index in [0.29, 0.717) is 23.5 Å². The number of amides is 1. The number of nitrogens with two attached hydrogens (primary N) is 2. The lowest BCUT2D eigenvalue weighted by Gasteiger charge is -2.43. The van der Waals surface area contributed by atoms with Crippen molar-refractivity contribution < 1.29 is 19.0 Å². The van der Waals surface area contributed by atoms with Crippen LogP contribution in [0.2, 0.25) is 0 Å². The number of rotatable bonds is 5. The summed E-state index contributed by atoms with van der Waals surface area (Å²) in [5.41, 5.74) is 10.9. The van der Waals surface area contributed by atoms with Crippen molar-refractivity contribution in [2.75, 3.05) is 26.9 Å². The highest BCUT2D eigenvalue weighted by Crippen LogP contribution is 2.54. The van der Waals surface area contributed by atoms with E-state index in [2.05, 4.69) is 0 Å². The number of ether oxygens (including phenoxy) is 3. The van der Waals surface area contributed by atoms with E-state index in [1.807, 2.05) is 18.2 Å². The summed E-state index contributed by atoms with van der Waals surface area (Å²) < 4.78 is 16.3. The topological polar surface area (TPSA) is 168 Å². The fourth-order valence-electron chi connectivity index (χ4n) is 4.01. The van der Waals surface area contributed by atoms with Crippen molar-refractivity contribution in [2.45, 2.75) is 5.92 Å². The minimum absolute atomic E-state index is 0.0835. The molecule has 30 heavy (non-hydrogen) atoms. The molecule has 9 nitrogen and oxygen atoms in total. The second-order valence-corrected chi connectivity index (χ2v) is 6.88. The molecule has 1 aromatic carbocycles.